The number of rotatable bonds is 2. The number of hydrogen-bond acceptors (Lipinski definition) is 2. The van der Waals surface area contributed by atoms with Crippen molar-refractivity contribution >= 4 is 24.0 Å². The van der Waals surface area contributed by atoms with Gasteiger partial charge < -0.3 is 10.6 Å². The number of fused-ring (bicyclic) bond motifs is 1. The number of amides is 1. The molecule has 1 aliphatic carbocycles. The standard InChI is InChI=1S/C16H22N2O.ClH/c19-16(18-12-6-2-1-3-7-12)14-8-4-10-15-13(14)9-5-11-17-15;/h4,8,10,12,17H,1-3,5-7,9,11H2,(H,18,19);1H. The molecule has 110 valence electrons. The van der Waals surface area contributed by atoms with Gasteiger partial charge in [-0.1, -0.05) is 25.3 Å². The Bertz CT molecular complexity index is 470. The molecule has 1 aromatic rings. The Morgan fingerprint density at radius 2 is 1.95 bits per heavy atom. The highest BCUT2D eigenvalue weighted by Crippen LogP contribution is 2.26. The Balaban J connectivity index is 0.00000147. The van der Waals surface area contributed by atoms with E-state index >= 15 is 0 Å². The summed E-state index contributed by atoms with van der Waals surface area (Å²) < 4.78 is 0. The van der Waals surface area contributed by atoms with Crippen molar-refractivity contribution in [3.05, 3.63) is 29.3 Å². The monoisotopic (exact) mass is 294 g/mol. The van der Waals surface area contributed by atoms with E-state index in [0.29, 0.717) is 6.04 Å². The Hall–Kier alpha value is -1.22. The molecular weight excluding hydrogens is 272 g/mol. The van der Waals surface area contributed by atoms with Gasteiger partial charge in [0.2, 0.25) is 0 Å². The van der Waals surface area contributed by atoms with Crippen LogP contribution >= 0.6 is 12.4 Å². The lowest BCUT2D eigenvalue weighted by Crippen LogP contribution is -2.36. The fourth-order valence-corrected chi connectivity index (χ4v) is 3.23. The van der Waals surface area contributed by atoms with Crippen LogP contribution in [0.15, 0.2) is 18.2 Å². The van der Waals surface area contributed by atoms with Gasteiger partial charge in [0.25, 0.3) is 5.91 Å². The molecule has 0 unspecified atom stereocenters. The van der Waals surface area contributed by atoms with Crippen molar-refractivity contribution in [3.8, 4) is 0 Å². The number of carbonyl (C=O) groups is 1. The average Bonchev–Trinajstić information content (AvgIpc) is 2.47. The number of carbonyl (C=O) groups excluding carboxylic acids is 1. The van der Waals surface area contributed by atoms with Crippen LogP contribution in [0.3, 0.4) is 0 Å². The highest BCUT2D eigenvalue weighted by molar-refractivity contribution is 5.97. The summed E-state index contributed by atoms with van der Waals surface area (Å²) in [5.74, 6) is 0.118. The van der Waals surface area contributed by atoms with Crippen LogP contribution in [0.4, 0.5) is 5.69 Å². The number of hydrogen-bond donors (Lipinski definition) is 2. The Morgan fingerprint density at radius 3 is 2.75 bits per heavy atom. The third kappa shape index (κ3) is 3.26. The third-order valence-corrected chi connectivity index (χ3v) is 4.28. The van der Waals surface area contributed by atoms with Gasteiger partial charge in [-0.25, -0.2) is 0 Å². The number of halogens is 1. The summed E-state index contributed by atoms with van der Waals surface area (Å²) in [6.07, 6.45) is 8.21. The number of anilines is 1. The maximum Gasteiger partial charge on any atom is 0.251 e. The predicted molar refractivity (Wildman–Crippen MR) is 84.8 cm³/mol. The molecule has 1 fully saturated rings. The lowest BCUT2D eigenvalue weighted by atomic mass is 9.94. The van der Waals surface area contributed by atoms with E-state index in [1.165, 1.54) is 24.8 Å². The highest BCUT2D eigenvalue weighted by Gasteiger charge is 2.20. The molecular formula is C16H23ClN2O. The van der Waals surface area contributed by atoms with Gasteiger partial charge >= 0.3 is 0 Å². The van der Waals surface area contributed by atoms with Gasteiger partial charge in [0.15, 0.2) is 0 Å². The summed E-state index contributed by atoms with van der Waals surface area (Å²) in [5, 5.41) is 6.60. The normalized spacial score (nSPS) is 18.4. The van der Waals surface area contributed by atoms with Gasteiger partial charge in [0.1, 0.15) is 0 Å². The topological polar surface area (TPSA) is 41.1 Å². The van der Waals surface area contributed by atoms with Gasteiger partial charge in [-0.2, -0.15) is 0 Å². The van der Waals surface area contributed by atoms with Crippen molar-refractivity contribution in [3.63, 3.8) is 0 Å². The van der Waals surface area contributed by atoms with E-state index in [2.05, 4.69) is 16.7 Å². The van der Waals surface area contributed by atoms with Crippen LogP contribution in [-0.4, -0.2) is 18.5 Å². The summed E-state index contributed by atoms with van der Waals surface area (Å²) in [4.78, 5) is 12.4. The van der Waals surface area contributed by atoms with E-state index in [4.69, 9.17) is 0 Å². The molecule has 3 rings (SSSR count). The molecule has 0 spiro atoms. The summed E-state index contributed by atoms with van der Waals surface area (Å²) in [7, 11) is 0. The Labute approximate surface area is 126 Å². The molecule has 1 aliphatic heterocycles. The van der Waals surface area contributed by atoms with Gasteiger partial charge in [0, 0.05) is 23.8 Å². The summed E-state index contributed by atoms with van der Waals surface area (Å²) in [6, 6.07) is 6.40. The Kier molecular flexibility index (Phi) is 5.30. The van der Waals surface area contributed by atoms with Crippen LogP contribution in [0.25, 0.3) is 0 Å². The first-order chi connectivity index (χ1) is 9.34. The molecule has 1 aromatic carbocycles. The van der Waals surface area contributed by atoms with Crippen LogP contribution in [0.1, 0.15) is 54.4 Å². The first-order valence-corrected chi connectivity index (χ1v) is 7.51. The minimum absolute atomic E-state index is 0. The van der Waals surface area contributed by atoms with Gasteiger partial charge in [-0.05, 0) is 43.4 Å². The molecule has 1 heterocycles. The summed E-state index contributed by atoms with van der Waals surface area (Å²) >= 11 is 0. The Morgan fingerprint density at radius 1 is 1.15 bits per heavy atom. The maximum atomic E-state index is 12.4. The van der Waals surface area contributed by atoms with E-state index in [1.54, 1.807) is 0 Å². The van der Waals surface area contributed by atoms with E-state index in [1.807, 2.05) is 12.1 Å². The van der Waals surface area contributed by atoms with E-state index in [9.17, 15) is 4.79 Å². The molecule has 3 nitrogen and oxygen atoms in total. The van der Waals surface area contributed by atoms with Crippen LogP contribution < -0.4 is 10.6 Å². The van der Waals surface area contributed by atoms with E-state index in [-0.39, 0.29) is 18.3 Å². The molecule has 0 saturated heterocycles. The second kappa shape index (κ2) is 6.98. The van der Waals surface area contributed by atoms with Crippen molar-refractivity contribution in [1.82, 2.24) is 5.32 Å². The molecule has 2 aliphatic rings. The molecule has 0 aromatic heterocycles. The van der Waals surface area contributed by atoms with Gasteiger partial charge in [-0.3, -0.25) is 4.79 Å². The first-order valence-electron chi connectivity index (χ1n) is 7.51. The van der Waals surface area contributed by atoms with Crippen LogP contribution in [0.2, 0.25) is 0 Å². The van der Waals surface area contributed by atoms with Crippen molar-refractivity contribution in [2.24, 2.45) is 0 Å². The first kappa shape index (κ1) is 15.2. The lowest BCUT2D eigenvalue weighted by molar-refractivity contribution is 0.0926. The highest BCUT2D eigenvalue weighted by atomic mass is 35.5. The minimum Gasteiger partial charge on any atom is -0.385 e. The molecule has 20 heavy (non-hydrogen) atoms. The van der Waals surface area contributed by atoms with Crippen LogP contribution in [0.5, 0.6) is 0 Å². The van der Waals surface area contributed by atoms with Crippen molar-refractivity contribution in [1.29, 1.82) is 0 Å². The number of nitrogens with one attached hydrogen (secondary N) is 2. The number of benzene rings is 1. The van der Waals surface area contributed by atoms with Gasteiger partial charge in [-0.15, -0.1) is 12.4 Å². The average molecular weight is 295 g/mol. The molecule has 0 radical (unpaired) electrons. The lowest BCUT2D eigenvalue weighted by Gasteiger charge is -2.25. The molecule has 0 bridgehead atoms. The van der Waals surface area contributed by atoms with Crippen molar-refractivity contribution in [2.45, 2.75) is 51.0 Å². The summed E-state index contributed by atoms with van der Waals surface area (Å²) in [5.41, 5.74) is 3.21. The van der Waals surface area contributed by atoms with Crippen molar-refractivity contribution in [2.75, 3.05) is 11.9 Å². The second-order valence-electron chi connectivity index (χ2n) is 5.67. The van der Waals surface area contributed by atoms with Crippen LogP contribution in [0, 0.1) is 0 Å². The zero-order valence-electron chi connectivity index (χ0n) is 11.8. The minimum atomic E-state index is 0. The SMILES string of the molecule is Cl.O=C(NC1CCCCC1)c1cccc2c1CCCN2. The predicted octanol–water partition coefficient (Wildman–Crippen LogP) is 3.53. The summed E-state index contributed by atoms with van der Waals surface area (Å²) in [6.45, 7) is 1.01. The molecule has 2 N–H and O–H groups in total. The quantitative estimate of drug-likeness (QED) is 0.876. The van der Waals surface area contributed by atoms with Crippen LogP contribution in [-0.2, 0) is 6.42 Å². The van der Waals surface area contributed by atoms with E-state index < -0.39 is 0 Å². The fourth-order valence-electron chi connectivity index (χ4n) is 3.23. The molecule has 1 amide bonds. The van der Waals surface area contributed by atoms with E-state index in [0.717, 1.165) is 43.5 Å². The zero-order chi connectivity index (χ0) is 13.1. The zero-order valence-corrected chi connectivity index (χ0v) is 12.6. The third-order valence-electron chi connectivity index (χ3n) is 4.28. The maximum absolute atomic E-state index is 12.4. The van der Waals surface area contributed by atoms with Crippen molar-refractivity contribution < 1.29 is 4.79 Å². The fraction of sp³-hybridized carbons (Fsp3) is 0.562. The molecule has 0 atom stereocenters. The second-order valence-corrected chi connectivity index (χ2v) is 5.67. The molecule has 4 heteroatoms. The largest absolute Gasteiger partial charge is 0.385 e. The van der Waals surface area contributed by atoms with Gasteiger partial charge in [0.05, 0.1) is 0 Å². The smallest absolute Gasteiger partial charge is 0.251 e. The molecule has 1 saturated carbocycles.